The summed E-state index contributed by atoms with van der Waals surface area (Å²) >= 11 is 0. The van der Waals surface area contributed by atoms with E-state index in [1.807, 2.05) is 0 Å². The van der Waals surface area contributed by atoms with Crippen LogP contribution in [0.2, 0.25) is 0 Å². The van der Waals surface area contributed by atoms with Crippen LogP contribution in [0.4, 0.5) is 0 Å². The number of amides is 1. The first-order valence-electron chi connectivity index (χ1n) is 6.95. The zero-order chi connectivity index (χ0) is 17.5. The molecule has 0 aromatic heterocycles. The fraction of sp³-hybridized carbons (Fsp3) is 0.438. The summed E-state index contributed by atoms with van der Waals surface area (Å²) in [6.07, 6.45) is 2.86. The van der Waals surface area contributed by atoms with Crippen LogP contribution in [-0.4, -0.2) is 56.2 Å². The van der Waals surface area contributed by atoms with Crippen LogP contribution in [0.1, 0.15) is 12.5 Å². The molecule has 7 nitrogen and oxygen atoms in total. The van der Waals surface area contributed by atoms with E-state index in [-0.39, 0.29) is 13.2 Å². The molecule has 0 saturated carbocycles. The van der Waals surface area contributed by atoms with Crippen molar-refractivity contribution in [3.63, 3.8) is 0 Å². The molecule has 0 unspecified atom stereocenters. The average molecular weight is 325 g/mol. The molecule has 0 aliphatic rings. The van der Waals surface area contributed by atoms with E-state index in [9.17, 15) is 4.79 Å². The highest BCUT2D eigenvalue weighted by molar-refractivity contribution is 5.92. The van der Waals surface area contributed by atoms with Crippen LogP contribution in [0, 0.1) is 0 Å². The van der Waals surface area contributed by atoms with E-state index in [1.54, 1.807) is 18.2 Å². The quantitative estimate of drug-likeness (QED) is 0.605. The third-order valence-electron chi connectivity index (χ3n) is 3.24. The number of benzene rings is 1. The smallest absolute Gasteiger partial charge is 0.244 e. The molecule has 0 heterocycles. The first-order chi connectivity index (χ1) is 10.9. The van der Waals surface area contributed by atoms with Gasteiger partial charge in [0.25, 0.3) is 0 Å². The summed E-state index contributed by atoms with van der Waals surface area (Å²) in [6, 6.07) is 3.39. The summed E-state index contributed by atoms with van der Waals surface area (Å²) in [5.41, 5.74) is -0.402. The maximum Gasteiger partial charge on any atom is 0.244 e. The average Bonchev–Trinajstić information content (AvgIpc) is 2.58. The topological polar surface area (TPSA) is 97.3 Å². The fourth-order valence-electron chi connectivity index (χ4n) is 1.84. The van der Waals surface area contributed by atoms with Gasteiger partial charge in [0.15, 0.2) is 11.5 Å². The number of carbonyl (C=O) groups excluding carboxylic acids is 1. The van der Waals surface area contributed by atoms with Gasteiger partial charge in [0.05, 0.1) is 40.1 Å². The first-order valence-corrected chi connectivity index (χ1v) is 6.95. The molecule has 0 spiro atoms. The lowest BCUT2D eigenvalue weighted by molar-refractivity contribution is -0.119. The largest absolute Gasteiger partial charge is 0.493 e. The second kappa shape index (κ2) is 8.40. The second-order valence-corrected chi connectivity index (χ2v) is 5.16. The summed E-state index contributed by atoms with van der Waals surface area (Å²) in [5, 5.41) is 20.9. The lowest BCUT2D eigenvalue weighted by atomic mass is 10.1. The van der Waals surface area contributed by atoms with Crippen LogP contribution in [0.25, 0.3) is 6.08 Å². The van der Waals surface area contributed by atoms with E-state index in [1.165, 1.54) is 34.3 Å². The van der Waals surface area contributed by atoms with Crippen molar-refractivity contribution < 1.29 is 29.2 Å². The van der Waals surface area contributed by atoms with Crippen molar-refractivity contribution in [1.82, 2.24) is 5.32 Å². The SMILES string of the molecule is COc1cc(C=CC(=O)NC(C)(CO)CO)cc(OC)c1OC. The van der Waals surface area contributed by atoms with Crippen molar-refractivity contribution in [1.29, 1.82) is 0 Å². The first kappa shape index (κ1) is 18.8. The van der Waals surface area contributed by atoms with Gasteiger partial charge in [-0.1, -0.05) is 0 Å². The Hall–Kier alpha value is -2.25. The fourth-order valence-corrected chi connectivity index (χ4v) is 1.84. The van der Waals surface area contributed by atoms with Gasteiger partial charge in [-0.25, -0.2) is 0 Å². The van der Waals surface area contributed by atoms with E-state index >= 15 is 0 Å². The Labute approximate surface area is 135 Å². The number of methoxy groups -OCH3 is 3. The van der Waals surface area contributed by atoms with Gasteiger partial charge in [-0.15, -0.1) is 0 Å². The second-order valence-electron chi connectivity index (χ2n) is 5.16. The molecule has 23 heavy (non-hydrogen) atoms. The lowest BCUT2D eigenvalue weighted by Gasteiger charge is -2.25. The zero-order valence-corrected chi connectivity index (χ0v) is 13.8. The van der Waals surface area contributed by atoms with Gasteiger partial charge in [0.1, 0.15) is 0 Å². The summed E-state index contributed by atoms with van der Waals surface area (Å²) in [6.45, 7) is 0.804. The molecular formula is C16H23NO6. The molecule has 1 aromatic rings. The summed E-state index contributed by atoms with van der Waals surface area (Å²) < 4.78 is 15.7. The summed E-state index contributed by atoms with van der Waals surface area (Å²) in [4.78, 5) is 11.9. The number of rotatable bonds is 8. The highest BCUT2D eigenvalue weighted by atomic mass is 16.5. The van der Waals surface area contributed by atoms with Gasteiger partial charge in [-0.2, -0.15) is 0 Å². The molecule has 0 atom stereocenters. The number of aliphatic hydroxyl groups excluding tert-OH is 2. The van der Waals surface area contributed by atoms with Gasteiger partial charge in [-0.05, 0) is 30.7 Å². The molecule has 0 bridgehead atoms. The number of hydrogen-bond acceptors (Lipinski definition) is 6. The summed E-state index contributed by atoms with van der Waals surface area (Å²) in [7, 11) is 4.52. The molecule has 1 rings (SSSR count). The summed E-state index contributed by atoms with van der Waals surface area (Å²) in [5.74, 6) is 0.971. The van der Waals surface area contributed by atoms with Crippen molar-refractivity contribution in [3.05, 3.63) is 23.8 Å². The molecule has 0 radical (unpaired) electrons. The van der Waals surface area contributed by atoms with Crippen LogP contribution in [0.3, 0.4) is 0 Å². The minimum Gasteiger partial charge on any atom is -0.493 e. The lowest BCUT2D eigenvalue weighted by Crippen LogP contribution is -2.51. The third-order valence-corrected chi connectivity index (χ3v) is 3.24. The molecule has 3 N–H and O–H groups in total. The van der Waals surface area contributed by atoms with Crippen molar-refractivity contribution >= 4 is 12.0 Å². The Balaban J connectivity index is 2.98. The zero-order valence-electron chi connectivity index (χ0n) is 13.8. The van der Waals surface area contributed by atoms with Crippen LogP contribution in [0.5, 0.6) is 17.2 Å². The predicted octanol–water partition coefficient (Wildman–Crippen LogP) is 0.585. The Morgan fingerprint density at radius 2 is 1.65 bits per heavy atom. The number of ether oxygens (including phenoxy) is 3. The Morgan fingerprint density at radius 1 is 1.13 bits per heavy atom. The maximum atomic E-state index is 11.9. The van der Waals surface area contributed by atoms with Crippen LogP contribution >= 0.6 is 0 Å². The third kappa shape index (κ3) is 4.87. The molecule has 128 valence electrons. The van der Waals surface area contributed by atoms with Gasteiger partial charge < -0.3 is 29.7 Å². The van der Waals surface area contributed by atoms with E-state index < -0.39 is 11.4 Å². The Morgan fingerprint density at radius 3 is 2.04 bits per heavy atom. The van der Waals surface area contributed by atoms with E-state index in [4.69, 9.17) is 24.4 Å². The molecule has 0 aliphatic heterocycles. The van der Waals surface area contributed by atoms with Gasteiger partial charge in [0.2, 0.25) is 11.7 Å². The molecular weight excluding hydrogens is 302 g/mol. The van der Waals surface area contributed by atoms with Crippen LogP contribution in [0.15, 0.2) is 18.2 Å². The minimum atomic E-state index is -1.07. The monoisotopic (exact) mass is 325 g/mol. The Bertz CT molecular complexity index is 541. The number of nitrogens with one attached hydrogen (secondary N) is 1. The molecule has 0 fully saturated rings. The van der Waals surface area contributed by atoms with Crippen molar-refractivity contribution in [3.8, 4) is 17.2 Å². The van der Waals surface area contributed by atoms with Crippen LogP contribution < -0.4 is 19.5 Å². The highest BCUT2D eigenvalue weighted by Crippen LogP contribution is 2.38. The normalized spacial score (nSPS) is 11.4. The molecule has 0 saturated heterocycles. The van der Waals surface area contributed by atoms with Gasteiger partial charge in [-0.3, -0.25) is 4.79 Å². The molecule has 1 aromatic carbocycles. The van der Waals surface area contributed by atoms with Gasteiger partial charge in [0, 0.05) is 6.08 Å². The molecule has 0 aliphatic carbocycles. The standard InChI is InChI=1S/C16H23NO6/c1-16(9-18,10-19)17-14(20)6-5-11-7-12(21-2)15(23-4)13(8-11)22-3/h5-8,18-19H,9-10H2,1-4H3,(H,17,20). The van der Waals surface area contributed by atoms with Crippen molar-refractivity contribution in [2.24, 2.45) is 0 Å². The molecule has 7 heteroatoms. The number of hydrogen-bond donors (Lipinski definition) is 3. The minimum absolute atomic E-state index is 0.368. The van der Waals surface area contributed by atoms with Crippen molar-refractivity contribution in [2.45, 2.75) is 12.5 Å². The van der Waals surface area contributed by atoms with Crippen molar-refractivity contribution in [2.75, 3.05) is 34.5 Å². The Kier molecular flexibility index (Phi) is 6.87. The molecule has 1 amide bonds. The highest BCUT2D eigenvalue weighted by Gasteiger charge is 2.23. The predicted molar refractivity (Wildman–Crippen MR) is 85.9 cm³/mol. The van der Waals surface area contributed by atoms with E-state index in [0.717, 1.165) is 0 Å². The number of aliphatic hydroxyl groups is 2. The van der Waals surface area contributed by atoms with E-state index in [0.29, 0.717) is 22.8 Å². The maximum absolute atomic E-state index is 11.9. The van der Waals surface area contributed by atoms with Gasteiger partial charge >= 0.3 is 0 Å². The number of carbonyl (C=O) groups is 1. The van der Waals surface area contributed by atoms with E-state index in [2.05, 4.69) is 5.32 Å². The van der Waals surface area contributed by atoms with Crippen LogP contribution in [-0.2, 0) is 4.79 Å².